The van der Waals surface area contributed by atoms with Gasteiger partial charge < -0.3 is 5.32 Å². The maximum Gasteiger partial charge on any atom is 0.223 e. The first-order valence-corrected chi connectivity index (χ1v) is 6.48. The Morgan fingerprint density at radius 1 is 1.31 bits per heavy atom. The quantitative estimate of drug-likeness (QED) is 0.798. The highest BCUT2D eigenvalue weighted by Crippen LogP contribution is 2.23. The van der Waals surface area contributed by atoms with Crippen LogP contribution in [0.4, 0.5) is 0 Å². The molecule has 1 rings (SSSR count). The highest BCUT2D eigenvalue weighted by Gasteiger charge is 2.29. The first-order valence-electron chi connectivity index (χ1n) is 6.48. The predicted octanol–water partition coefficient (Wildman–Crippen LogP) is 2.02. The highest BCUT2D eigenvalue weighted by molar-refractivity contribution is 5.78. The van der Waals surface area contributed by atoms with Gasteiger partial charge in [-0.15, -0.1) is 0 Å². The van der Waals surface area contributed by atoms with Gasteiger partial charge in [-0.1, -0.05) is 6.92 Å². The number of hydrogen-bond donors (Lipinski definition) is 1. The molecule has 0 spiro atoms. The molecule has 3 heteroatoms. The van der Waals surface area contributed by atoms with Gasteiger partial charge in [0.2, 0.25) is 5.91 Å². The van der Waals surface area contributed by atoms with Gasteiger partial charge in [0.15, 0.2) is 0 Å². The Morgan fingerprint density at radius 3 is 2.31 bits per heavy atom. The molecule has 16 heavy (non-hydrogen) atoms. The van der Waals surface area contributed by atoms with Gasteiger partial charge in [-0.05, 0) is 53.1 Å². The van der Waals surface area contributed by atoms with Gasteiger partial charge in [0.25, 0.3) is 0 Å². The van der Waals surface area contributed by atoms with Crippen molar-refractivity contribution in [1.82, 2.24) is 10.2 Å². The Balaban J connectivity index is 2.34. The summed E-state index contributed by atoms with van der Waals surface area (Å²) in [6, 6.07) is 0. The maximum absolute atomic E-state index is 11.8. The summed E-state index contributed by atoms with van der Waals surface area (Å²) < 4.78 is 0. The smallest absolute Gasteiger partial charge is 0.223 e. The molecule has 1 saturated heterocycles. The van der Waals surface area contributed by atoms with E-state index in [1.165, 1.54) is 0 Å². The zero-order valence-electron chi connectivity index (χ0n) is 11.2. The summed E-state index contributed by atoms with van der Waals surface area (Å²) in [7, 11) is 0. The first-order chi connectivity index (χ1) is 7.45. The monoisotopic (exact) mass is 226 g/mol. The third-order valence-electron chi connectivity index (χ3n) is 3.36. The van der Waals surface area contributed by atoms with Crippen LogP contribution in [0.5, 0.6) is 0 Å². The molecule has 1 fully saturated rings. The molecule has 0 unspecified atom stereocenters. The van der Waals surface area contributed by atoms with Gasteiger partial charge in [0.1, 0.15) is 0 Å². The Bertz CT molecular complexity index is 225. The van der Waals surface area contributed by atoms with Crippen LogP contribution in [-0.2, 0) is 4.79 Å². The van der Waals surface area contributed by atoms with Gasteiger partial charge in [0, 0.05) is 18.0 Å². The van der Waals surface area contributed by atoms with Crippen molar-refractivity contribution in [2.75, 3.05) is 19.6 Å². The number of amides is 1. The second-order valence-corrected chi connectivity index (χ2v) is 5.72. The minimum Gasteiger partial charge on any atom is -0.356 e. The zero-order chi connectivity index (χ0) is 12.2. The summed E-state index contributed by atoms with van der Waals surface area (Å²) in [6.07, 6.45) is 3.03. The summed E-state index contributed by atoms with van der Waals surface area (Å²) in [5.41, 5.74) is 0.241. The van der Waals surface area contributed by atoms with Gasteiger partial charge in [-0.2, -0.15) is 0 Å². The van der Waals surface area contributed by atoms with Crippen molar-refractivity contribution >= 4 is 5.91 Å². The predicted molar refractivity (Wildman–Crippen MR) is 67.4 cm³/mol. The molecular formula is C13H26N2O. The van der Waals surface area contributed by atoms with E-state index >= 15 is 0 Å². The second kappa shape index (κ2) is 5.67. The first kappa shape index (κ1) is 13.5. The molecule has 0 aromatic carbocycles. The van der Waals surface area contributed by atoms with E-state index in [2.05, 4.69) is 37.9 Å². The average molecular weight is 226 g/mol. The van der Waals surface area contributed by atoms with Crippen molar-refractivity contribution in [2.45, 2.75) is 52.5 Å². The highest BCUT2D eigenvalue weighted by atomic mass is 16.1. The molecule has 0 atom stereocenters. The third-order valence-corrected chi connectivity index (χ3v) is 3.36. The van der Waals surface area contributed by atoms with Crippen molar-refractivity contribution in [3.05, 3.63) is 0 Å². The summed E-state index contributed by atoms with van der Waals surface area (Å²) in [5, 5.41) is 3.00. The average Bonchev–Trinajstić information content (AvgIpc) is 2.25. The molecule has 0 aromatic rings. The zero-order valence-corrected chi connectivity index (χ0v) is 11.2. The standard InChI is InChI=1S/C13H26N2O/c1-5-8-14-12(16)11-6-9-15(10-7-11)13(2,3)4/h11H,5-10H2,1-4H3,(H,14,16). The van der Waals surface area contributed by atoms with Gasteiger partial charge in [-0.3, -0.25) is 9.69 Å². The van der Waals surface area contributed by atoms with Crippen molar-refractivity contribution in [3.8, 4) is 0 Å². The van der Waals surface area contributed by atoms with Crippen LogP contribution >= 0.6 is 0 Å². The Hall–Kier alpha value is -0.570. The number of likely N-dealkylation sites (tertiary alicyclic amines) is 1. The van der Waals surface area contributed by atoms with Gasteiger partial charge in [0.05, 0.1) is 0 Å². The van der Waals surface area contributed by atoms with E-state index in [1.807, 2.05) is 0 Å². The molecule has 0 bridgehead atoms. The van der Waals surface area contributed by atoms with E-state index < -0.39 is 0 Å². The Morgan fingerprint density at radius 2 is 1.88 bits per heavy atom. The van der Waals surface area contributed by atoms with E-state index in [4.69, 9.17) is 0 Å². The summed E-state index contributed by atoms with van der Waals surface area (Å²) in [4.78, 5) is 14.3. The van der Waals surface area contributed by atoms with E-state index in [9.17, 15) is 4.79 Å². The Labute approximate surface area is 99.6 Å². The molecule has 1 aliphatic rings. The van der Waals surface area contributed by atoms with Crippen molar-refractivity contribution in [1.29, 1.82) is 0 Å². The molecular weight excluding hydrogens is 200 g/mol. The molecule has 0 saturated carbocycles. The van der Waals surface area contributed by atoms with Crippen LogP contribution in [0.2, 0.25) is 0 Å². The second-order valence-electron chi connectivity index (χ2n) is 5.72. The van der Waals surface area contributed by atoms with Crippen LogP contribution in [0.25, 0.3) is 0 Å². The number of nitrogens with zero attached hydrogens (tertiary/aromatic N) is 1. The normalized spacial score (nSPS) is 19.8. The topological polar surface area (TPSA) is 32.3 Å². The molecule has 3 nitrogen and oxygen atoms in total. The minimum atomic E-state index is 0.241. The van der Waals surface area contributed by atoms with Crippen molar-refractivity contribution in [2.24, 2.45) is 5.92 Å². The fourth-order valence-corrected chi connectivity index (χ4v) is 2.21. The number of piperidine rings is 1. The van der Waals surface area contributed by atoms with E-state index in [-0.39, 0.29) is 17.4 Å². The fourth-order valence-electron chi connectivity index (χ4n) is 2.21. The maximum atomic E-state index is 11.8. The summed E-state index contributed by atoms with van der Waals surface area (Å²) in [6.45, 7) is 11.7. The molecule has 94 valence electrons. The van der Waals surface area contributed by atoms with Gasteiger partial charge in [-0.25, -0.2) is 0 Å². The fraction of sp³-hybridized carbons (Fsp3) is 0.923. The molecule has 0 radical (unpaired) electrons. The van der Waals surface area contributed by atoms with Crippen molar-refractivity contribution < 1.29 is 4.79 Å². The minimum absolute atomic E-state index is 0.241. The molecule has 1 aliphatic heterocycles. The van der Waals surface area contributed by atoms with Crippen LogP contribution in [0, 0.1) is 5.92 Å². The number of rotatable bonds is 3. The lowest BCUT2D eigenvalue weighted by Gasteiger charge is -2.40. The van der Waals surface area contributed by atoms with E-state index in [0.717, 1.165) is 38.9 Å². The van der Waals surface area contributed by atoms with Crippen LogP contribution in [0.3, 0.4) is 0 Å². The van der Waals surface area contributed by atoms with Crippen LogP contribution in [0.15, 0.2) is 0 Å². The summed E-state index contributed by atoms with van der Waals surface area (Å²) >= 11 is 0. The molecule has 1 heterocycles. The largest absolute Gasteiger partial charge is 0.356 e. The molecule has 1 N–H and O–H groups in total. The van der Waals surface area contributed by atoms with E-state index in [1.54, 1.807) is 0 Å². The molecule has 0 aliphatic carbocycles. The lowest BCUT2D eigenvalue weighted by Crippen LogP contribution is -2.48. The molecule has 0 aromatic heterocycles. The summed E-state index contributed by atoms with van der Waals surface area (Å²) in [5.74, 6) is 0.501. The van der Waals surface area contributed by atoms with Crippen LogP contribution in [-0.4, -0.2) is 36.0 Å². The van der Waals surface area contributed by atoms with Crippen molar-refractivity contribution in [3.63, 3.8) is 0 Å². The van der Waals surface area contributed by atoms with Gasteiger partial charge >= 0.3 is 0 Å². The molecule has 1 amide bonds. The number of hydrogen-bond acceptors (Lipinski definition) is 2. The number of carbonyl (C=O) groups is 1. The van der Waals surface area contributed by atoms with Crippen LogP contribution < -0.4 is 5.32 Å². The van der Waals surface area contributed by atoms with Crippen LogP contribution in [0.1, 0.15) is 47.0 Å². The SMILES string of the molecule is CCCNC(=O)C1CCN(C(C)(C)C)CC1. The lowest BCUT2D eigenvalue weighted by molar-refractivity contribution is -0.126. The third kappa shape index (κ3) is 3.78. The Kier molecular flexibility index (Phi) is 4.78. The van der Waals surface area contributed by atoms with E-state index in [0.29, 0.717) is 0 Å². The number of nitrogens with one attached hydrogen (secondary N) is 1. The lowest BCUT2D eigenvalue weighted by atomic mass is 9.92. The number of carbonyl (C=O) groups excluding carboxylic acids is 1.